The highest BCUT2D eigenvalue weighted by Crippen LogP contribution is 2.26. The summed E-state index contributed by atoms with van der Waals surface area (Å²) in [6, 6.07) is 12.6. The Labute approximate surface area is 124 Å². The minimum absolute atomic E-state index is 0.149. The predicted octanol–water partition coefficient (Wildman–Crippen LogP) is 4.97. The molecule has 106 valence electrons. The van der Waals surface area contributed by atoms with Crippen LogP contribution in [0.5, 0.6) is 5.75 Å². The Morgan fingerprint density at radius 1 is 1.20 bits per heavy atom. The molecule has 0 bridgehead atoms. The maximum absolute atomic E-state index is 12.3. The number of para-hydroxylation sites is 2. The quantitative estimate of drug-likeness (QED) is 0.828. The molecule has 0 saturated carbocycles. The topological polar surface area (TPSA) is 21.3 Å². The Hall–Kier alpha value is -1.62. The number of hydrogen-bond donors (Lipinski definition) is 1. The van der Waals surface area contributed by atoms with E-state index < -0.39 is 6.61 Å². The fraction of sp³-hybridized carbons (Fsp3) is 0.200. The van der Waals surface area contributed by atoms with Gasteiger partial charge in [-0.2, -0.15) is 8.78 Å². The maximum atomic E-state index is 12.3. The van der Waals surface area contributed by atoms with Crippen LogP contribution in [-0.4, -0.2) is 6.61 Å². The van der Waals surface area contributed by atoms with Crippen molar-refractivity contribution in [3.8, 4) is 5.75 Å². The van der Waals surface area contributed by atoms with E-state index in [1.807, 2.05) is 25.1 Å². The lowest BCUT2D eigenvalue weighted by molar-refractivity contribution is -0.0493. The minimum atomic E-state index is -2.83. The molecule has 2 nitrogen and oxygen atoms in total. The standard InChI is InChI=1S/C15H14BrF2NO/c1-10-8-11(6-7-12(10)16)9-19-13-4-2-3-5-14(13)20-15(17)18/h2-8,15,19H,9H2,1H3. The van der Waals surface area contributed by atoms with E-state index in [0.717, 1.165) is 15.6 Å². The second kappa shape index (κ2) is 6.70. The van der Waals surface area contributed by atoms with E-state index in [2.05, 4.69) is 26.0 Å². The first kappa shape index (κ1) is 14.8. The molecule has 0 fully saturated rings. The zero-order chi connectivity index (χ0) is 14.5. The lowest BCUT2D eigenvalue weighted by atomic mass is 10.1. The van der Waals surface area contributed by atoms with Crippen molar-refractivity contribution in [2.24, 2.45) is 0 Å². The molecule has 2 aromatic rings. The van der Waals surface area contributed by atoms with Gasteiger partial charge in [-0.1, -0.05) is 40.2 Å². The number of nitrogens with one attached hydrogen (secondary N) is 1. The van der Waals surface area contributed by atoms with Crippen molar-refractivity contribution in [1.29, 1.82) is 0 Å². The SMILES string of the molecule is Cc1cc(CNc2ccccc2OC(F)F)ccc1Br. The molecule has 0 radical (unpaired) electrons. The molecule has 0 aliphatic carbocycles. The highest BCUT2D eigenvalue weighted by atomic mass is 79.9. The van der Waals surface area contributed by atoms with Gasteiger partial charge in [-0.25, -0.2) is 0 Å². The maximum Gasteiger partial charge on any atom is 0.387 e. The third-order valence-electron chi connectivity index (χ3n) is 2.81. The first-order chi connectivity index (χ1) is 9.56. The van der Waals surface area contributed by atoms with Crippen LogP contribution >= 0.6 is 15.9 Å². The van der Waals surface area contributed by atoms with Crippen molar-refractivity contribution in [1.82, 2.24) is 0 Å². The lowest BCUT2D eigenvalue weighted by Crippen LogP contribution is -2.06. The van der Waals surface area contributed by atoms with Crippen LogP contribution in [0.2, 0.25) is 0 Å². The third kappa shape index (κ3) is 3.93. The van der Waals surface area contributed by atoms with E-state index >= 15 is 0 Å². The van der Waals surface area contributed by atoms with Gasteiger partial charge in [0, 0.05) is 11.0 Å². The molecule has 0 heterocycles. The zero-order valence-electron chi connectivity index (χ0n) is 10.9. The number of hydrogen-bond acceptors (Lipinski definition) is 2. The first-order valence-electron chi connectivity index (χ1n) is 6.09. The Morgan fingerprint density at radius 3 is 2.65 bits per heavy atom. The Balaban J connectivity index is 2.08. The molecular formula is C15H14BrF2NO. The molecule has 5 heteroatoms. The smallest absolute Gasteiger partial charge is 0.387 e. The number of anilines is 1. The summed E-state index contributed by atoms with van der Waals surface area (Å²) in [6.07, 6.45) is 0. The monoisotopic (exact) mass is 341 g/mol. The normalized spacial score (nSPS) is 10.7. The molecule has 20 heavy (non-hydrogen) atoms. The number of halogens is 3. The molecule has 0 aliphatic rings. The van der Waals surface area contributed by atoms with Crippen molar-refractivity contribution >= 4 is 21.6 Å². The molecule has 0 spiro atoms. The van der Waals surface area contributed by atoms with E-state index in [9.17, 15) is 8.78 Å². The van der Waals surface area contributed by atoms with Crippen molar-refractivity contribution in [3.05, 3.63) is 58.1 Å². The van der Waals surface area contributed by atoms with Gasteiger partial charge in [0.05, 0.1) is 5.69 Å². The average Bonchev–Trinajstić information content (AvgIpc) is 2.41. The molecule has 0 unspecified atom stereocenters. The predicted molar refractivity (Wildman–Crippen MR) is 79.3 cm³/mol. The zero-order valence-corrected chi connectivity index (χ0v) is 12.5. The fourth-order valence-electron chi connectivity index (χ4n) is 1.83. The largest absolute Gasteiger partial charge is 0.433 e. The highest BCUT2D eigenvalue weighted by Gasteiger charge is 2.08. The van der Waals surface area contributed by atoms with Crippen molar-refractivity contribution < 1.29 is 13.5 Å². The van der Waals surface area contributed by atoms with Crippen LogP contribution in [0.1, 0.15) is 11.1 Å². The van der Waals surface area contributed by atoms with Crippen molar-refractivity contribution in [2.45, 2.75) is 20.1 Å². The van der Waals surface area contributed by atoms with Gasteiger partial charge in [0.15, 0.2) is 0 Å². The summed E-state index contributed by atoms with van der Waals surface area (Å²) < 4.78 is 30.1. The number of rotatable bonds is 5. The van der Waals surface area contributed by atoms with Gasteiger partial charge in [-0.05, 0) is 36.2 Å². The molecular weight excluding hydrogens is 328 g/mol. The summed E-state index contributed by atoms with van der Waals surface area (Å²) in [5, 5.41) is 3.11. The summed E-state index contributed by atoms with van der Waals surface area (Å²) in [5.41, 5.74) is 2.74. The number of alkyl halides is 2. The van der Waals surface area contributed by atoms with Crippen LogP contribution in [-0.2, 0) is 6.54 Å². The second-order valence-electron chi connectivity index (χ2n) is 4.31. The third-order valence-corrected chi connectivity index (χ3v) is 3.70. The van der Waals surface area contributed by atoms with Crippen LogP contribution in [0.25, 0.3) is 0 Å². The van der Waals surface area contributed by atoms with Gasteiger partial charge in [0.1, 0.15) is 5.75 Å². The molecule has 0 aliphatic heterocycles. The molecule has 2 aromatic carbocycles. The molecule has 1 N–H and O–H groups in total. The Kier molecular flexibility index (Phi) is 4.95. The summed E-state index contributed by atoms with van der Waals surface area (Å²) in [6.45, 7) is -0.285. The highest BCUT2D eigenvalue weighted by molar-refractivity contribution is 9.10. The summed E-state index contributed by atoms with van der Waals surface area (Å²) >= 11 is 3.44. The van der Waals surface area contributed by atoms with Crippen molar-refractivity contribution in [3.63, 3.8) is 0 Å². The molecule has 0 saturated heterocycles. The van der Waals surface area contributed by atoms with Gasteiger partial charge in [-0.3, -0.25) is 0 Å². The van der Waals surface area contributed by atoms with Gasteiger partial charge in [-0.15, -0.1) is 0 Å². The van der Waals surface area contributed by atoms with Gasteiger partial charge < -0.3 is 10.1 Å². The Morgan fingerprint density at radius 2 is 1.95 bits per heavy atom. The second-order valence-corrected chi connectivity index (χ2v) is 5.17. The number of benzene rings is 2. The van der Waals surface area contributed by atoms with Gasteiger partial charge >= 0.3 is 6.61 Å². The van der Waals surface area contributed by atoms with E-state index in [-0.39, 0.29) is 5.75 Å². The lowest BCUT2D eigenvalue weighted by Gasteiger charge is -2.13. The molecule has 0 amide bonds. The summed E-state index contributed by atoms with van der Waals surface area (Å²) in [7, 11) is 0. The van der Waals surface area contributed by atoms with E-state index in [4.69, 9.17) is 0 Å². The van der Waals surface area contributed by atoms with Crippen LogP contribution in [0.3, 0.4) is 0 Å². The molecule has 0 atom stereocenters. The summed E-state index contributed by atoms with van der Waals surface area (Å²) in [4.78, 5) is 0. The minimum Gasteiger partial charge on any atom is -0.433 e. The first-order valence-corrected chi connectivity index (χ1v) is 6.88. The van der Waals surface area contributed by atoms with Crippen LogP contribution in [0.15, 0.2) is 46.9 Å². The Bertz CT molecular complexity index is 590. The average molecular weight is 342 g/mol. The van der Waals surface area contributed by atoms with Crippen LogP contribution in [0, 0.1) is 6.92 Å². The number of ether oxygens (including phenoxy) is 1. The van der Waals surface area contributed by atoms with Crippen LogP contribution in [0.4, 0.5) is 14.5 Å². The van der Waals surface area contributed by atoms with Gasteiger partial charge in [0.2, 0.25) is 0 Å². The number of aryl methyl sites for hydroxylation is 1. The van der Waals surface area contributed by atoms with E-state index in [1.54, 1.807) is 18.2 Å². The molecule has 2 rings (SSSR count). The van der Waals surface area contributed by atoms with Crippen molar-refractivity contribution in [2.75, 3.05) is 5.32 Å². The summed E-state index contributed by atoms with van der Waals surface area (Å²) in [5.74, 6) is 0.149. The van der Waals surface area contributed by atoms with Crippen LogP contribution < -0.4 is 10.1 Å². The van der Waals surface area contributed by atoms with E-state index in [1.165, 1.54) is 6.07 Å². The van der Waals surface area contributed by atoms with Gasteiger partial charge in [0.25, 0.3) is 0 Å². The fourth-order valence-corrected chi connectivity index (χ4v) is 2.07. The molecule has 0 aromatic heterocycles. The van der Waals surface area contributed by atoms with E-state index in [0.29, 0.717) is 12.2 Å².